The van der Waals surface area contributed by atoms with E-state index in [-0.39, 0.29) is 28.4 Å². The number of carbonyl (C=O) groups is 1. The Kier molecular flexibility index (Phi) is 3.18. The van der Waals surface area contributed by atoms with Crippen molar-refractivity contribution in [3.63, 3.8) is 0 Å². The molecule has 1 fully saturated rings. The van der Waals surface area contributed by atoms with Gasteiger partial charge in [0.1, 0.15) is 11.9 Å². The lowest BCUT2D eigenvalue weighted by atomic mass is 9.96. The first kappa shape index (κ1) is 12.7. The molecular weight excluding hydrogens is 257 g/mol. The van der Waals surface area contributed by atoms with Gasteiger partial charge >= 0.3 is 0 Å². The highest BCUT2D eigenvalue weighted by molar-refractivity contribution is 7.91. The van der Waals surface area contributed by atoms with Crippen LogP contribution in [0.5, 0.6) is 0 Å². The molecule has 1 aliphatic heterocycles. The molecule has 0 saturated carbocycles. The van der Waals surface area contributed by atoms with E-state index in [4.69, 9.17) is 5.26 Å². The van der Waals surface area contributed by atoms with Crippen LogP contribution in [0.2, 0.25) is 0 Å². The second-order valence-corrected chi connectivity index (χ2v) is 6.50. The minimum absolute atomic E-state index is 0.00963. The van der Waals surface area contributed by atoms with Gasteiger partial charge in [0, 0.05) is 11.5 Å². The topological polar surface area (TPSA) is 75.0 Å². The Morgan fingerprint density at radius 2 is 2.17 bits per heavy atom. The quantitative estimate of drug-likeness (QED) is 0.757. The highest BCUT2D eigenvalue weighted by Gasteiger charge is 2.33. The molecule has 18 heavy (non-hydrogen) atoms. The van der Waals surface area contributed by atoms with E-state index in [2.05, 4.69) is 0 Å². The van der Waals surface area contributed by atoms with Crippen LogP contribution in [0.4, 0.5) is 4.39 Å². The zero-order valence-corrected chi connectivity index (χ0v) is 10.2. The molecule has 6 heteroatoms. The van der Waals surface area contributed by atoms with Gasteiger partial charge in [-0.05, 0) is 24.6 Å². The van der Waals surface area contributed by atoms with Gasteiger partial charge in [-0.15, -0.1) is 0 Å². The lowest BCUT2D eigenvalue weighted by molar-refractivity contribution is 0.0933. The molecule has 1 aliphatic rings. The summed E-state index contributed by atoms with van der Waals surface area (Å²) in [7, 11) is -3.13. The fourth-order valence-corrected chi connectivity index (χ4v) is 3.74. The number of halogens is 1. The van der Waals surface area contributed by atoms with E-state index >= 15 is 0 Å². The number of nitrogens with zero attached hydrogens (tertiary/aromatic N) is 1. The average Bonchev–Trinajstić information content (AvgIpc) is 2.69. The number of benzene rings is 1. The molecule has 2 rings (SSSR count). The molecule has 0 spiro atoms. The molecule has 1 heterocycles. The first-order valence-corrected chi connectivity index (χ1v) is 7.19. The molecule has 4 nitrogen and oxygen atoms in total. The number of sulfone groups is 1. The largest absolute Gasteiger partial charge is 0.294 e. The summed E-state index contributed by atoms with van der Waals surface area (Å²) in [6, 6.07) is 5.15. The van der Waals surface area contributed by atoms with E-state index in [1.807, 2.05) is 0 Å². The third kappa shape index (κ3) is 2.41. The maximum absolute atomic E-state index is 13.1. The van der Waals surface area contributed by atoms with Crippen LogP contribution < -0.4 is 0 Å². The van der Waals surface area contributed by atoms with Crippen LogP contribution in [0.15, 0.2) is 18.2 Å². The van der Waals surface area contributed by atoms with Crippen molar-refractivity contribution >= 4 is 15.6 Å². The molecule has 0 amide bonds. The predicted molar refractivity (Wildman–Crippen MR) is 62.2 cm³/mol. The Morgan fingerprint density at radius 3 is 2.72 bits per heavy atom. The Hall–Kier alpha value is -1.74. The third-order valence-electron chi connectivity index (χ3n) is 2.97. The molecule has 1 unspecified atom stereocenters. The first-order chi connectivity index (χ1) is 8.43. The molecule has 0 aromatic heterocycles. The minimum atomic E-state index is -3.13. The number of ketones is 1. The summed E-state index contributed by atoms with van der Waals surface area (Å²) in [5.74, 6) is -1.76. The first-order valence-electron chi connectivity index (χ1n) is 5.37. The summed E-state index contributed by atoms with van der Waals surface area (Å²) in [5, 5.41) is 8.68. The fourth-order valence-electron chi connectivity index (χ4n) is 2.00. The van der Waals surface area contributed by atoms with Crippen molar-refractivity contribution in [1.29, 1.82) is 5.26 Å². The van der Waals surface area contributed by atoms with Gasteiger partial charge in [-0.1, -0.05) is 0 Å². The second kappa shape index (κ2) is 4.50. The van der Waals surface area contributed by atoms with Gasteiger partial charge < -0.3 is 0 Å². The molecular formula is C12H10FNO3S. The van der Waals surface area contributed by atoms with Crippen molar-refractivity contribution in [1.82, 2.24) is 0 Å². The number of rotatable bonds is 2. The van der Waals surface area contributed by atoms with E-state index in [0.29, 0.717) is 6.42 Å². The maximum Gasteiger partial charge on any atom is 0.167 e. The zero-order valence-electron chi connectivity index (χ0n) is 9.39. The van der Waals surface area contributed by atoms with Gasteiger partial charge in [-0.25, -0.2) is 12.8 Å². The summed E-state index contributed by atoms with van der Waals surface area (Å²) in [4.78, 5) is 12.0. The molecule has 94 valence electrons. The molecule has 0 N–H and O–H groups in total. The molecule has 1 aromatic rings. The summed E-state index contributed by atoms with van der Waals surface area (Å²) < 4.78 is 35.7. The van der Waals surface area contributed by atoms with Crippen LogP contribution in [-0.2, 0) is 9.84 Å². The van der Waals surface area contributed by atoms with Crippen LogP contribution in [-0.4, -0.2) is 25.7 Å². The average molecular weight is 267 g/mol. The highest BCUT2D eigenvalue weighted by atomic mass is 32.2. The Labute approximate surface area is 104 Å². The van der Waals surface area contributed by atoms with Gasteiger partial charge in [0.2, 0.25) is 0 Å². The van der Waals surface area contributed by atoms with Crippen LogP contribution >= 0.6 is 0 Å². The van der Waals surface area contributed by atoms with Crippen LogP contribution in [0.1, 0.15) is 22.3 Å². The van der Waals surface area contributed by atoms with Gasteiger partial charge in [0.15, 0.2) is 15.6 Å². The lowest BCUT2D eigenvalue weighted by Crippen LogP contribution is -2.16. The van der Waals surface area contributed by atoms with Crippen molar-refractivity contribution in [3.8, 4) is 6.07 Å². The predicted octanol–water partition coefficient (Wildman–Crippen LogP) is 1.31. The van der Waals surface area contributed by atoms with Gasteiger partial charge in [-0.2, -0.15) is 5.26 Å². The van der Waals surface area contributed by atoms with Gasteiger partial charge in [-0.3, -0.25) is 4.79 Å². The Morgan fingerprint density at radius 1 is 1.44 bits per heavy atom. The lowest BCUT2D eigenvalue weighted by Gasteiger charge is -2.07. The normalized spacial score (nSPS) is 21.4. The molecule has 0 radical (unpaired) electrons. The molecule has 1 saturated heterocycles. The minimum Gasteiger partial charge on any atom is -0.294 e. The van der Waals surface area contributed by atoms with Crippen LogP contribution in [0.3, 0.4) is 0 Å². The SMILES string of the molecule is N#Cc1cc(C(=O)C2CCS(=O)(=O)C2)ccc1F. The Bertz CT molecular complexity index is 646. The zero-order chi connectivity index (χ0) is 13.3. The van der Waals surface area contributed by atoms with Crippen molar-refractivity contribution in [2.45, 2.75) is 6.42 Å². The van der Waals surface area contributed by atoms with E-state index in [1.165, 1.54) is 12.1 Å². The van der Waals surface area contributed by atoms with Crippen molar-refractivity contribution in [3.05, 3.63) is 35.1 Å². The van der Waals surface area contributed by atoms with Crippen LogP contribution in [0.25, 0.3) is 0 Å². The van der Waals surface area contributed by atoms with E-state index in [0.717, 1.165) is 6.07 Å². The fraction of sp³-hybridized carbons (Fsp3) is 0.333. The van der Waals surface area contributed by atoms with Gasteiger partial charge in [0.05, 0.1) is 17.1 Å². The standard InChI is InChI=1S/C12H10FNO3S/c13-11-2-1-8(5-10(11)6-14)12(15)9-3-4-18(16,17)7-9/h1-2,5,9H,3-4,7H2. The van der Waals surface area contributed by atoms with Crippen molar-refractivity contribution in [2.24, 2.45) is 5.92 Å². The van der Waals surface area contributed by atoms with E-state index < -0.39 is 21.6 Å². The summed E-state index contributed by atoms with van der Waals surface area (Å²) in [6.45, 7) is 0. The van der Waals surface area contributed by atoms with Crippen molar-refractivity contribution < 1.29 is 17.6 Å². The molecule has 1 atom stereocenters. The molecule has 0 bridgehead atoms. The molecule has 0 aliphatic carbocycles. The van der Waals surface area contributed by atoms with E-state index in [1.54, 1.807) is 6.07 Å². The summed E-state index contributed by atoms with van der Waals surface area (Å²) >= 11 is 0. The number of hydrogen-bond donors (Lipinski definition) is 0. The highest BCUT2D eigenvalue weighted by Crippen LogP contribution is 2.23. The smallest absolute Gasteiger partial charge is 0.167 e. The maximum atomic E-state index is 13.1. The third-order valence-corrected chi connectivity index (χ3v) is 4.74. The summed E-state index contributed by atoms with van der Waals surface area (Å²) in [6.07, 6.45) is 0.292. The van der Waals surface area contributed by atoms with E-state index in [9.17, 15) is 17.6 Å². The monoisotopic (exact) mass is 267 g/mol. The summed E-state index contributed by atoms with van der Waals surface area (Å²) in [5.41, 5.74) is -0.0169. The number of nitriles is 1. The van der Waals surface area contributed by atoms with Gasteiger partial charge in [0.25, 0.3) is 0 Å². The van der Waals surface area contributed by atoms with Crippen molar-refractivity contribution in [2.75, 3.05) is 11.5 Å². The number of carbonyl (C=O) groups excluding carboxylic acids is 1. The second-order valence-electron chi connectivity index (χ2n) is 4.27. The van der Waals surface area contributed by atoms with Crippen LogP contribution in [0, 0.1) is 23.1 Å². The molecule has 1 aromatic carbocycles. The number of hydrogen-bond acceptors (Lipinski definition) is 4. The Balaban J connectivity index is 2.28. The number of Topliss-reactive ketones (excluding diaryl/α,β-unsaturated/α-hetero) is 1.